The van der Waals surface area contributed by atoms with E-state index >= 15 is 0 Å². The van der Waals surface area contributed by atoms with Crippen LogP contribution >= 0.6 is 24.2 Å². The summed E-state index contributed by atoms with van der Waals surface area (Å²) < 4.78 is 24.1. The largest absolute Gasteiger partial charge is 0.459 e. The van der Waals surface area contributed by atoms with Gasteiger partial charge in [0.1, 0.15) is 24.1 Å². The van der Waals surface area contributed by atoms with E-state index in [1.165, 1.54) is 12.1 Å². The minimum Gasteiger partial charge on any atom is -0.459 e. The fourth-order valence-electron chi connectivity index (χ4n) is 2.66. The van der Waals surface area contributed by atoms with Gasteiger partial charge in [0.05, 0.1) is 5.25 Å². The Balaban J connectivity index is 2.11. The van der Waals surface area contributed by atoms with Crippen molar-refractivity contribution in [2.45, 2.75) is 44.1 Å². The SMILES string of the molecule is CC(C)(C)OC(=O)NCC(=O)OC(Cc1ccc(F)cc1Cl)C(S)c1ccccc1. The quantitative estimate of drug-likeness (QED) is 0.450. The zero-order valence-electron chi connectivity index (χ0n) is 17.0. The van der Waals surface area contributed by atoms with E-state index in [1.54, 1.807) is 26.8 Å². The number of halogens is 2. The van der Waals surface area contributed by atoms with Crippen LogP contribution in [-0.2, 0) is 20.7 Å². The molecule has 0 saturated heterocycles. The van der Waals surface area contributed by atoms with E-state index in [-0.39, 0.29) is 18.0 Å². The summed E-state index contributed by atoms with van der Waals surface area (Å²) in [6, 6.07) is 13.3. The zero-order chi connectivity index (χ0) is 22.3. The molecule has 2 rings (SSSR count). The van der Waals surface area contributed by atoms with Crippen LogP contribution in [0.5, 0.6) is 0 Å². The molecular weight excluding hydrogens is 429 g/mol. The normalized spacial score (nSPS) is 13.3. The Hall–Kier alpha value is -2.25. The van der Waals surface area contributed by atoms with E-state index < -0.39 is 34.8 Å². The van der Waals surface area contributed by atoms with Gasteiger partial charge in [0.25, 0.3) is 0 Å². The summed E-state index contributed by atoms with van der Waals surface area (Å²) in [6.45, 7) is 4.80. The molecular formula is C22H25ClFNO4S. The van der Waals surface area contributed by atoms with Gasteiger partial charge in [-0.1, -0.05) is 48.0 Å². The maximum absolute atomic E-state index is 13.4. The van der Waals surface area contributed by atoms with Gasteiger partial charge in [-0.05, 0) is 44.0 Å². The Labute approximate surface area is 186 Å². The monoisotopic (exact) mass is 453 g/mol. The summed E-state index contributed by atoms with van der Waals surface area (Å²) >= 11 is 10.8. The van der Waals surface area contributed by atoms with Crippen molar-refractivity contribution in [3.8, 4) is 0 Å². The first-order valence-electron chi connectivity index (χ1n) is 9.38. The Morgan fingerprint density at radius 1 is 1.17 bits per heavy atom. The van der Waals surface area contributed by atoms with Gasteiger partial charge in [-0.25, -0.2) is 9.18 Å². The summed E-state index contributed by atoms with van der Waals surface area (Å²) in [5.41, 5.74) is 0.780. The molecule has 0 aliphatic carbocycles. The highest BCUT2D eigenvalue weighted by molar-refractivity contribution is 7.80. The number of benzene rings is 2. The van der Waals surface area contributed by atoms with Crippen LogP contribution in [0, 0.1) is 5.82 Å². The lowest BCUT2D eigenvalue weighted by Crippen LogP contribution is -2.37. The standard InChI is InChI=1S/C22H25ClFNO4S/c1-22(2,3)29-21(27)25-13-19(26)28-18(20(30)14-7-5-4-6-8-14)11-15-9-10-16(24)12-17(15)23/h4-10,12,18,20,30H,11,13H2,1-3H3,(H,25,27). The fraction of sp³-hybridized carbons (Fsp3) is 0.364. The highest BCUT2D eigenvalue weighted by Gasteiger charge is 2.26. The molecule has 0 spiro atoms. The predicted octanol–water partition coefficient (Wildman–Crippen LogP) is 5.13. The van der Waals surface area contributed by atoms with Crippen molar-refractivity contribution < 1.29 is 23.5 Å². The first-order chi connectivity index (χ1) is 14.0. The number of amides is 1. The number of esters is 1. The number of thiol groups is 1. The number of carbonyl (C=O) groups excluding carboxylic acids is 2. The third-order valence-corrected chi connectivity index (χ3v) is 4.97. The van der Waals surface area contributed by atoms with Gasteiger partial charge >= 0.3 is 12.1 Å². The molecule has 30 heavy (non-hydrogen) atoms. The summed E-state index contributed by atoms with van der Waals surface area (Å²) in [7, 11) is 0. The summed E-state index contributed by atoms with van der Waals surface area (Å²) in [5.74, 6) is -1.11. The molecule has 1 amide bonds. The van der Waals surface area contributed by atoms with E-state index in [0.29, 0.717) is 5.56 Å². The lowest BCUT2D eigenvalue weighted by Gasteiger charge is -2.25. The molecule has 2 aromatic carbocycles. The van der Waals surface area contributed by atoms with Crippen molar-refractivity contribution in [2.75, 3.05) is 6.54 Å². The topological polar surface area (TPSA) is 64.6 Å². The second-order valence-electron chi connectivity index (χ2n) is 7.68. The van der Waals surface area contributed by atoms with E-state index in [0.717, 1.165) is 5.56 Å². The van der Waals surface area contributed by atoms with Gasteiger partial charge in [-0.3, -0.25) is 4.79 Å². The molecule has 5 nitrogen and oxygen atoms in total. The van der Waals surface area contributed by atoms with Crippen molar-refractivity contribution in [3.63, 3.8) is 0 Å². The predicted molar refractivity (Wildman–Crippen MR) is 117 cm³/mol. The number of alkyl carbamates (subject to hydrolysis) is 1. The van der Waals surface area contributed by atoms with Gasteiger partial charge in [-0.2, -0.15) is 12.6 Å². The average molecular weight is 454 g/mol. The van der Waals surface area contributed by atoms with Gasteiger partial charge in [0.15, 0.2) is 0 Å². The molecule has 2 atom stereocenters. The number of hydrogen-bond donors (Lipinski definition) is 2. The third-order valence-electron chi connectivity index (χ3n) is 3.99. The smallest absolute Gasteiger partial charge is 0.408 e. The van der Waals surface area contributed by atoms with Crippen molar-refractivity contribution in [3.05, 3.63) is 70.5 Å². The molecule has 0 radical (unpaired) electrons. The number of rotatable bonds is 7. The van der Waals surface area contributed by atoms with Crippen molar-refractivity contribution in [2.24, 2.45) is 0 Å². The summed E-state index contributed by atoms with van der Waals surface area (Å²) in [4.78, 5) is 24.1. The lowest BCUT2D eigenvalue weighted by atomic mass is 10.0. The molecule has 2 aromatic rings. The second-order valence-corrected chi connectivity index (χ2v) is 8.64. The Kier molecular flexibility index (Phi) is 8.55. The Morgan fingerprint density at radius 3 is 2.43 bits per heavy atom. The molecule has 0 aromatic heterocycles. The molecule has 0 aliphatic heterocycles. The fourth-order valence-corrected chi connectivity index (χ4v) is 3.24. The maximum Gasteiger partial charge on any atom is 0.408 e. The van der Waals surface area contributed by atoms with Crippen LogP contribution < -0.4 is 5.32 Å². The molecule has 0 aliphatic rings. The first kappa shape index (κ1) is 24.0. The molecule has 0 heterocycles. The van der Waals surface area contributed by atoms with Gasteiger partial charge in [0, 0.05) is 11.4 Å². The number of nitrogens with one attached hydrogen (secondary N) is 1. The molecule has 162 valence electrons. The van der Waals surface area contributed by atoms with Crippen molar-refractivity contribution in [1.82, 2.24) is 5.32 Å². The molecule has 8 heteroatoms. The van der Waals surface area contributed by atoms with Crippen LogP contribution in [0.3, 0.4) is 0 Å². The van der Waals surface area contributed by atoms with Gasteiger partial charge in [-0.15, -0.1) is 0 Å². The van der Waals surface area contributed by atoms with Crippen LogP contribution in [0.1, 0.15) is 37.1 Å². The minimum atomic E-state index is -0.719. The van der Waals surface area contributed by atoms with E-state index in [4.69, 9.17) is 21.1 Å². The highest BCUT2D eigenvalue weighted by atomic mass is 35.5. The number of carbonyl (C=O) groups is 2. The molecule has 0 fully saturated rings. The molecule has 2 unspecified atom stereocenters. The maximum atomic E-state index is 13.4. The third kappa shape index (κ3) is 7.88. The summed E-state index contributed by atoms with van der Waals surface area (Å²) in [6.07, 6.45) is -1.20. The molecule has 0 bridgehead atoms. The van der Waals surface area contributed by atoms with Gasteiger partial charge in [0.2, 0.25) is 0 Å². The molecule has 0 saturated carbocycles. The van der Waals surface area contributed by atoms with Crippen LogP contribution in [0.15, 0.2) is 48.5 Å². The van der Waals surface area contributed by atoms with E-state index in [1.807, 2.05) is 30.3 Å². The van der Waals surface area contributed by atoms with E-state index in [9.17, 15) is 14.0 Å². The van der Waals surface area contributed by atoms with Crippen molar-refractivity contribution >= 4 is 36.3 Å². The van der Waals surface area contributed by atoms with Crippen LogP contribution in [0.2, 0.25) is 5.02 Å². The average Bonchev–Trinajstić information content (AvgIpc) is 2.66. The van der Waals surface area contributed by atoms with Gasteiger partial charge < -0.3 is 14.8 Å². The second kappa shape index (κ2) is 10.7. The van der Waals surface area contributed by atoms with Crippen LogP contribution in [0.4, 0.5) is 9.18 Å². The van der Waals surface area contributed by atoms with Crippen molar-refractivity contribution in [1.29, 1.82) is 0 Å². The lowest BCUT2D eigenvalue weighted by molar-refractivity contribution is -0.147. The highest BCUT2D eigenvalue weighted by Crippen LogP contribution is 2.30. The Morgan fingerprint density at radius 2 is 1.83 bits per heavy atom. The molecule has 1 N–H and O–H groups in total. The van der Waals surface area contributed by atoms with Crippen LogP contribution in [-0.4, -0.2) is 30.3 Å². The Bertz CT molecular complexity index is 873. The summed E-state index contributed by atoms with van der Waals surface area (Å²) in [5, 5.41) is 2.14. The first-order valence-corrected chi connectivity index (χ1v) is 10.3. The number of hydrogen-bond acceptors (Lipinski definition) is 5. The zero-order valence-corrected chi connectivity index (χ0v) is 18.7. The minimum absolute atomic E-state index is 0.223. The van der Waals surface area contributed by atoms with E-state index in [2.05, 4.69) is 17.9 Å². The van der Waals surface area contributed by atoms with Crippen LogP contribution in [0.25, 0.3) is 0 Å². The number of ether oxygens (including phenoxy) is 2.